The first-order valence-corrected chi connectivity index (χ1v) is 14.1. The number of methoxy groups -OCH3 is 4. The van der Waals surface area contributed by atoms with E-state index in [4.69, 9.17) is 30.4 Å². The van der Waals surface area contributed by atoms with Crippen molar-refractivity contribution in [2.75, 3.05) is 39.1 Å². The molecular formula is C31H33N5O7S. The van der Waals surface area contributed by atoms with Gasteiger partial charge in [-0.15, -0.1) is 0 Å². The highest BCUT2D eigenvalue weighted by Crippen LogP contribution is 2.44. The first kappa shape index (κ1) is 31.6. The number of nitrogens with one attached hydrogen (secondary N) is 1. The smallest absolute Gasteiger partial charge is 0.273 e. The number of hydrogen-bond acceptors (Lipinski definition) is 10. The van der Waals surface area contributed by atoms with Crippen molar-refractivity contribution in [3.63, 3.8) is 0 Å². The number of primary amides is 1. The van der Waals surface area contributed by atoms with E-state index in [0.29, 0.717) is 28.6 Å². The number of aromatic nitrogens is 1. The number of nitrogens with two attached hydrogens (primary N) is 2. The molecule has 0 spiro atoms. The summed E-state index contributed by atoms with van der Waals surface area (Å²) >= 11 is 0.700. The Labute approximate surface area is 258 Å². The third-order valence-corrected chi connectivity index (χ3v) is 7.64. The molecule has 0 aliphatic heterocycles. The highest BCUT2D eigenvalue weighted by atomic mass is 32.1. The molecule has 4 aromatic rings. The van der Waals surface area contributed by atoms with Crippen molar-refractivity contribution in [2.45, 2.75) is 19.5 Å². The van der Waals surface area contributed by atoms with Crippen molar-refractivity contribution in [3.05, 3.63) is 87.9 Å². The maximum Gasteiger partial charge on any atom is 0.273 e. The van der Waals surface area contributed by atoms with Gasteiger partial charge in [-0.1, -0.05) is 36.4 Å². The van der Waals surface area contributed by atoms with Gasteiger partial charge in [0.2, 0.25) is 11.7 Å². The maximum atomic E-state index is 14.5. The van der Waals surface area contributed by atoms with Gasteiger partial charge in [0.1, 0.15) is 16.7 Å². The van der Waals surface area contributed by atoms with Gasteiger partial charge >= 0.3 is 0 Å². The van der Waals surface area contributed by atoms with E-state index >= 15 is 0 Å². The fourth-order valence-electron chi connectivity index (χ4n) is 4.65. The van der Waals surface area contributed by atoms with Gasteiger partial charge in [-0.25, -0.2) is 0 Å². The zero-order valence-electron chi connectivity index (χ0n) is 24.9. The summed E-state index contributed by atoms with van der Waals surface area (Å²) in [5.74, 6) is -1.02. The normalized spacial score (nSPS) is 11.3. The zero-order chi connectivity index (χ0) is 32.0. The maximum absolute atomic E-state index is 14.5. The van der Waals surface area contributed by atoms with E-state index in [1.807, 2.05) is 37.3 Å². The molecule has 0 radical (unpaired) electrons. The fraction of sp³-hybridized carbons (Fsp3) is 0.226. The molecule has 1 heterocycles. The van der Waals surface area contributed by atoms with Gasteiger partial charge < -0.3 is 35.7 Å². The van der Waals surface area contributed by atoms with E-state index in [-0.39, 0.29) is 40.0 Å². The molecule has 0 saturated carbocycles. The Kier molecular flexibility index (Phi) is 9.91. The zero-order valence-corrected chi connectivity index (χ0v) is 25.7. The molecule has 0 fully saturated rings. The Bertz CT molecular complexity index is 1650. The molecule has 0 aliphatic carbocycles. The van der Waals surface area contributed by atoms with Crippen molar-refractivity contribution >= 4 is 40.6 Å². The molecule has 3 aromatic carbocycles. The van der Waals surface area contributed by atoms with Crippen LogP contribution in [0.4, 0.5) is 11.4 Å². The van der Waals surface area contributed by atoms with E-state index in [1.165, 1.54) is 33.3 Å². The van der Waals surface area contributed by atoms with Gasteiger partial charge in [0.25, 0.3) is 11.8 Å². The molecule has 1 unspecified atom stereocenters. The molecule has 44 heavy (non-hydrogen) atoms. The molecule has 5 N–H and O–H groups in total. The second-order valence-corrected chi connectivity index (χ2v) is 10.3. The van der Waals surface area contributed by atoms with E-state index in [2.05, 4.69) is 9.69 Å². The lowest BCUT2D eigenvalue weighted by Gasteiger charge is -2.33. The lowest BCUT2D eigenvalue weighted by molar-refractivity contribution is -0.122. The van der Waals surface area contributed by atoms with Gasteiger partial charge in [-0.2, -0.15) is 4.37 Å². The number of aryl methyl sites for hydroxylation is 1. The number of carbonyl (C=O) groups excluding carboxylic acids is 3. The molecule has 230 valence electrons. The Balaban J connectivity index is 2.00. The van der Waals surface area contributed by atoms with Gasteiger partial charge in [0.15, 0.2) is 17.2 Å². The summed E-state index contributed by atoms with van der Waals surface area (Å²) < 4.78 is 26.3. The molecule has 4 rings (SSSR count). The summed E-state index contributed by atoms with van der Waals surface area (Å²) in [4.78, 5) is 42.0. The number of nitrogens with zero attached hydrogens (tertiary/aromatic N) is 2. The molecule has 13 heteroatoms. The van der Waals surface area contributed by atoms with Crippen LogP contribution in [0.3, 0.4) is 0 Å². The Morgan fingerprint density at radius 1 is 0.909 bits per heavy atom. The van der Waals surface area contributed by atoms with Crippen molar-refractivity contribution in [2.24, 2.45) is 5.73 Å². The average Bonchev–Trinajstić information content (AvgIpc) is 3.43. The van der Waals surface area contributed by atoms with Crippen molar-refractivity contribution in [1.29, 1.82) is 0 Å². The fourth-order valence-corrected chi connectivity index (χ4v) is 5.39. The highest BCUT2D eigenvalue weighted by molar-refractivity contribution is 7.09. The van der Waals surface area contributed by atoms with Gasteiger partial charge in [-0.05, 0) is 59.4 Å². The summed E-state index contributed by atoms with van der Waals surface area (Å²) in [6.07, 6.45) is 0. The summed E-state index contributed by atoms with van der Waals surface area (Å²) in [6, 6.07) is 16.3. The standard InChI is InChI=1S/C31H33N5O7S/c1-17-11-12-21(40-2)20(13-17)36(31(39)28-24(32)25(29(33)37)35-44-28)26(30(38)34-16-18-9-7-6-8-10-18)19-14-22(41-3)27(43-5)23(15-19)42-4/h6-15,26H,16,32H2,1-5H3,(H2,33,37)(H,34,38). The van der Waals surface area contributed by atoms with Gasteiger partial charge in [0.05, 0.1) is 39.8 Å². The van der Waals surface area contributed by atoms with Crippen molar-refractivity contribution in [3.8, 4) is 23.0 Å². The van der Waals surface area contributed by atoms with E-state index in [1.54, 1.807) is 30.3 Å². The Morgan fingerprint density at radius 3 is 2.09 bits per heavy atom. The van der Waals surface area contributed by atoms with Crippen LogP contribution in [-0.2, 0) is 11.3 Å². The van der Waals surface area contributed by atoms with E-state index in [0.717, 1.165) is 11.1 Å². The number of rotatable bonds is 12. The van der Waals surface area contributed by atoms with Crippen LogP contribution in [0.1, 0.15) is 42.9 Å². The second-order valence-electron chi connectivity index (χ2n) is 9.55. The molecule has 1 aromatic heterocycles. The Hall–Kier alpha value is -5.30. The Morgan fingerprint density at radius 2 is 1.55 bits per heavy atom. The summed E-state index contributed by atoms with van der Waals surface area (Å²) in [6.45, 7) is 2.00. The van der Waals surface area contributed by atoms with Crippen LogP contribution in [0.15, 0.2) is 60.7 Å². The number of carbonyl (C=O) groups is 3. The summed E-state index contributed by atoms with van der Waals surface area (Å²) in [7, 11) is 5.80. The molecule has 1 atom stereocenters. The number of ether oxygens (including phenoxy) is 4. The third kappa shape index (κ3) is 6.37. The van der Waals surface area contributed by atoms with Crippen LogP contribution >= 0.6 is 11.5 Å². The molecule has 0 saturated heterocycles. The van der Waals surface area contributed by atoms with Crippen LogP contribution in [0.25, 0.3) is 0 Å². The highest BCUT2D eigenvalue weighted by Gasteiger charge is 2.38. The SMILES string of the molecule is COc1ccc(C)cc1N(C(=O)c1snc(C(N)=O)c1N)C(C(=O)NCc1ccccc1)c1cc(OC)c(OC)c(OC)c1. The van der Waals surface area contributed by atoms with Crippen molar-refractivity contribution in [1.82, 2.24) is 9.69 Å². The summed E-state index contributed by atoms with van der Waals surface area (Å²) in [5, 5.41) is 2.94. The van der Waals surface area contributed by atoms with Crippen molar-refractivity contribution < 1.29 is 33.3 Å². The quantitative estimate of drug-likeness (QED) is 0.213. The van der Waals surface area contributed by atoms with Crippen LogP contribution in [-0.4, -0.2) is 50.5 Å². The molecular weight excluding hydrogens is 586 g/mol. The molecule has 12 nitrogen and oxygen atoms in total. The monoisotopic (exact) mass is 619 g/mol. The minimum atomic E-state index is -1.34. The van der Waals surface area contributed by atoms with E-state index in [9.17, 15) is 14.4 Å². The number of nitrogen functional groups attached to an aromatic ring is 1. The second kappa shape index (κ2) is 13.8. The first-order chi connectivity index (χ1) is 21.1. The van der Waals surface area contributed by atoms with Crippen LogP contribution < -0.4 is 40.6 Å². The molecule has 0 aliphatic rings. The molecule has 3 amide bonds. The van der Waals surface area contributed by atoms with Crippen LogP contribution in [0, 0.1) is 6.92 Å². The number of hydrogen-bond donors (Lipinski definition) is 3. The number of amides is 3. The van der Waals surface area contributed by atoms with Crippen LogP contribution in [0.5, 0.6) is 23.0 Å². The third-order valence-electron chi connectivity index (χ3n) is 6.79. The number of anilines is 2. The minimum absolute atomic E-state index is 0.0874. The first-order valence-electron chi connectivity index (χ1n) is 13.3. The van der Waals surface area contributed by atoms with Gasteiger partial charge in [-0.3, -0.25) is 19.3 Å². The largest absolute Gasteiger partial charge is 0.495 e. The predicted molar refractivity (Wildman–Crippen MR) is 167 cm³/mol. The van der Waals surface area contributed by atoms with Gasteiger partial charge in [0, 0.05) is 6.54 Å². The van der Waals surface area contributed by atoms with Crippen LogP contribution in [0.2, 0.25) is 0 Å². The predicted octanol–water partition coefficient (Wildman–Crippen LogP) is 3.87. The summed E-state index contributed by atoms with van der Waals surface area (Å²) in [5.41, 5.74) is 13.4. The number of benzene rings is 3. The van der Waals surface area contributed by atoms with E-state index < -0.39 is 23.8 Å². The molecule has 0 bridgehead atoms. The minimum Gasteiger partial charge on any atom is -0.495 e. The lowest BCUT2D eigenvalue weighted by Crippen LogP contribution is -2.44. The average molecular weight is 620 g/mol. The topological polar surface area (TPSA) is 168 Å². The lowest BCUT2D eigenvalue weighted by atomic mass is 10.00.